The molecule has 0 aromatic carbocycles. The molecule has 0 aliphatic carbocycles. The number of fused-ring (bicyclic) bond motifs is 3. The van der Waals surface area contributed by atoms with E-state index in [9.17, 15) is 62.7 Å². The fourth-order valence-electron chi connectivity index (χ4n) is 14.4. The highest BCUT2D eigenvalue weighted by Crippen LogP contribution is 2.56. The van der Waals surface area contributed by atoms with Crippen LogP contribution in [0.15, 0.2) is 79.0 Å². The summed E-state index contributed by atoms with van der Waals surface area (Å²) in [4.78, 5) is 199. The number of anilines is 4. The van der Waals surface area contributed by atoms with E-state index >= 15 is 0 Å². The van der Waals surface area contributed by atoms with Crippen LogP contribution in [0.3, 0.4) is 0 Å². The highest BCUT2D eigenvalue weighted by Gasteiger charge is 2.48. The van der Waals surface area contributed by atoms with E-state index in [1.165, 1.54) is 65.3 Å². The molecule has 12 unspecified atom stereocenters. The smallest absolute Gasteiger partial charge is 0.351 e. The molecule has 6 aliphatic rings. The van der Waals surface area contributed by atoms with Gasteiger partial charge in [0.25, 0.3) is 16.7 Å². The van der Waals surface area contributed by atoms with Crippen molar-refractivity contribution < 1.29 is 112 Å². The molecule has 124 heavy (non-hydrogen) atoms. The summed E-state index contributed by atoms with van der Waals surface area (Å²) in [6, 6.07) is 0. The molecule has 6 fully saturated rings. The summed E-state index contributed by atoms with van der Waals surface area (Å²) in [6.45, 7) is -26.5. The van der Waals surface area contributed by atoms with Crippen molar-refractivity contribution in [2.24, 2.45) is 0 Å². The van der Waals surface area contributed by atoms with Crippen molar-refractivity contribution in [3.05, 3.63) is 129 Å². The van der Waals surface area contributed by atoms with Gasteiger partial charge < -0.3 is 143 Å². The first-order chi connectivity index (χ1) is 58.4. The van der Waals surface area contributed by atoms with Crippen LogP contribution in [-0.2, 0) is 154 Å². The molecule has 0 radical (unpaired) electrons. The zero-order chi connectivity index (χ0) is 88.8. The van der Waals surface area contributed by atoms with Crippen LogP contribution in [0.1, 0.15) is 99.5 Å². The monoisotopic (exact) mass is 1960 g/mol. The van der Waals surface area contributed by atoms with E-state index in [1.54, 1.807) is 13.8 Å². The number of hydrogen-bond donors (Lipinski definition) is 9. The summed E-state index contributed by atoms with van der Waals surface area (Å²) in [5, 5.41) is 0. The number of aromatic amines is 3. The number of imidazole rings is 3. The zero-order valence-electron chi connectivity index (χ0n) is 64.3. The van der Waals surface area contributed by atoms with E-state index in [4.69, 9.17) is 161 Å². The first kappa shape index (κ1) is 92.5. The third-order valence-corrected chi connectivity index (χ3v) is 29.0. The third-order valence-electron chi connectivity index (χ3n) is 20.4. The number of nitrogens with one attached hydrogen (secondary N) is 3. The standard InChI is InChI=1S/C60H78N22O30P6S6/c1-24-11-77(58(86)72-48(24)61)40-7-30(35(103-40)15-98-117(94,123)111-32-9-43(80-21-69-45-49(62)65-19-67-51(45)80)105-37(32)17-96-114(91,120)108-28-5-42(101-27(28)4)82-23-71-47-53(82)73-57(64)74-56(47)85)109-116(93,122)100-18-38-33(10-44(106-38)81-22-70-46-50(63)66-20-68-52(46)81)112-118(95,124)99-16-36-31(8-41(104-36)79-13-26(3)55(84)76-60(79)88)110-115(92,121)97-14-34-29(107-113(89,90)119)6-39(102-34)78-12-25(2)54(83)75-59(78)87/h11-13,19-23,27-44H,5-10,14-18H2,1-4H3,(H,91,120)(H,92,121)(H,93,122)(H,94,123)(H,95,124)(H2,61,72,86)(H2,62,65,67)(H2,63,66,68)(H,75,83,87)(H,76,84,88)(H2,89,90,119)(H3,64,73,74,85)/p-5/t27-,28?,29?,30?,31?,32?,33?,34-,35-,36-,37-,38-,39-,40-,41-,42-,43-,44-,114?,115?,116?,117?,118?/m1/s1. The van der Waals surface area contributed by atoms with E-state index in [1.807, 2.05) is 0 Å². The molecule has 64 heteroatoms. The number of aryl methyl sites for hydroxylation is 3. The van der Waals surface area contributed by atoms with E-state index < -0.39 is 224 Å². The molecule has 0 saturated carbocycles. The van der Waals surface area contributed by atoms with Crippen molar-refractivity contribution >= 4 is 169 Å². The van der Waals surface area contributed by atoms with Gasteiger partial charge in [-0.25, -0.2) is 49.3 Å². The second-order valence-electron chi connectivity index (χ2n) is 28.8. The van der Waals surface area contributed by atoms with Crippen molar-refractivity contribution in [2.75, 3.05) is 56.0 Å². The van der Waals surface area contributed by atoms with Gasteiger partial charge in [0.2, 0.25) is 5.95 Å². The van der Waals surface area contributed by atoms with E-state index in [0.717, 1.165) is 26.2 Å². The van der Waals surface area contributed by atoms with Gasteiger partial charge in [0.05, 0.1) is 94.7 Å². The maximum absolute atomic E-state index is 14.9. The Labute approximate surface area is 725 Å². The van der Waals surface area contributed by atoms with Crippen LogP contribution in [0.4, 0.5) is 23.4 Å². The van der Waals surface area contributed by atoms with Gasteiger partial charge in [-0.15, -0.1) is 0 Å². The lowest BCUT2D eigenvalue weighted by atomic mass is 10.2. The number of rotatable bonds is 33. The summed E-state index contributed by atoms with van der Waals surface area (Å²) in [7, 11) is 0. The fourth-order valence-corrected chi connectivity index (χ4v) is 22.7. The lowest BCUT2D eigenvalue weighted by Gasteiger charge is -2.36. The van der Waals surface area contributed by atoms with Gasteiger partial charge >= 0.3 is 23.8 Å². The molecule has 24 atom stereocenters. The molecule has 6 aliphatic heterocycles. The van der Waals surface area contributed by atoms with Gasteiger partial charge in [0.1, 0.15) is 124 Å². The molecule has 52 nitrogen and oxygen atoms in total. The average molecular weight is 1960 g/mol. The molecule has 9 aromatic heterocycles. The first-order valence-corrected chi connectivity index (χ1v) is 52.2. The summed E-state index contributed by atoms with van der Waals surface area (Å²) in [5.41, 5.74) is 20.5. The average Bonchev–Trinajstić information content (AvgIpc) is 1.63. The molecule has 0 spiro atoms. The van der Waals surface area contributed by atoms with Crippen LogP contribution in [0.5, 0.6) is 0 Å². The lowest BCUT2D eigenvalue weighted by molar-refractivity contribution is -0.220. The lowest BCUT2D eigenvalue weighted by Crippen LogP contribution is -2.34. The number of ether oxygens (including phenoxy) is 6. The molecule has 674 valence electrons. The Morgan fingerprint density at radius 1 is 0.444 bits per heavy atom. The van der Waals surface area contributed by atoms with Crippen molar-refractivity contribution in [1.29, 1.82) is 0 Å². The van der Waals surface area contributed by atoms with E-state index in [2.05, 4.69) is 71.6 Å². The molecular weight excluding hydrogens is 1890 g/mol. The van der Waals surface area contributed by atoms with E-state index in [0.29, 0.717) is 5.56 Å². The number of nitrogens with two attached hydrogens (primary N) is 4. The van der Waals surface area contributed by atoms with Crippen LogP contribution in [0.2, 0.25) is 0 Å². The van der Waals surface area contributed by atoms with Crippen molar-refractivity contribution in [3.63, 3.8) is 0 Å². The van der Waals surface area contributed by atoms with Gasteiger partial charge in [-0.1, -0.05) is 47.2 Å². The molecule has 0 amide bonds. The largest absolute Gasteiger partial charge is 0.780 e. The SMILES string of the molecule is Cc1cn([C@H]2CC(OP([O-])(=S)OC[C@H]3O[C@@H](n4cnc5c(N)ncnc54)CC3OP([O-])(=S)OC[C@H]3O[C@@H](n4cc(C)c(=O)[nH]c4=O)CC3OP([O-])(=S)OC[C@H]3O[C@@H](n4cc(C)c(=O)[nH]c4=O)CC3OP([O-])(O)=S)[C@@H](COP(=O)([S-])OC3C[C@H](n4cnc5c(N)ncnc54)O[C@@H]3COP(O)(=S)OC3C[C@H](n4cnc5c(=O)[nH]c(N)nc54)O[C@@H]3C)O2)c(=O)nc1N. The van der Waals surface area contributed by atoms with Crippen molar-refractivity contribution in [3.8, 4) is 0 Å². The Morgan fingerprint density at radius 3 is 1.27 bits per heavy atom. The minimum atomic E-state index is -4.95. The molecule has 6 saturated heterocycles. The van der Waals surface area contributed by atoms with Crippen molar-refractivity contribution in [1.82, 2.24) is 87.2 Å². The van der Waals surface area contributed by atoms with Crippen LogP contribution in [0.25, 0.3) is 33.5 Å². The number of aromatic nitrogens is 18. The first-order valence-electron chi connectivity index (χ1n) is 36.8. The highest BCUT2D eigenvalue weighted by molar-refractivity contribution is 8.32. The molecule has 13 N–H and O–H groups in total. The summed E-state index contributed by atoms with van der Waals surface area (Å²) >= 11 is 32.0. The maximum Gasteiger partial charge on any atom is 0.351 e. The number of H-pyrrole nitrogens is 3. The Bertz CT molecular complexity index is 6280. The molecule has 15 rings (SSSR count). The van der Waals surface area contributed by atoms with Gasteiger partial charge in [-0.3, -0.25) is 61.3 Å². The maximum atomic E-state index is 14.9. The van der Waals surface area contributed by atoms with Crippen LogP contribution in [0, 0.1) is 20.8 Å². The predicted molar refractivity (Wildman–Crippen MR) is 438 cm³/mol. The summed E-state index contributed by atoms with van der Waals surface area (Å²) in [6.07, 6.45) is -14.9. The minimum absolute atomic E-state index is 0.00838. The Kier molecular flexibility index (Phi) is 27.3. The fraction of sp³-hybridized carbons (Fsp3) is 0.550. The molecular formula is C60H73N22O30P6S6-5. The molecule has 15 heterocycles. The van der Waals surface area contributed by atoms with Gasteiger partial charge in [0, 0.05) is 73.8 Å². The molecule has 9 aromatic rings. The number of nitrogens with zero attached hydrogens (tertiary/aromatic N) is 15. The summed E-state index contributed by atoms with van der Waals surface area (Å²) in [5.74, 6) is -0.285. The topological polar surface area (TPSA) is 706 Å². The minimum Gasteiger partial charge on any atom is -0.780 e. The second-order valence-corrected chi connectivity index (χ2v) is 45.0. The van der Waals surface area contributed by atoms with Gasteiger partial charge in [-0.05, 0) is 39.5 Å². The Morgan fingerprint density at radius 2 is 0.815 bits per heavy atom. The van der Waals surface area contributed by atoms with E-state index in [-0.39, 0.29) is 100 Å². The van der Waals surface area contributed by atoms with Crippen LogP contribution >= 0.6 is 40.4 Å². The molecule has 0 bridgehead atoms. The number of nitrogen functional groups attached to an aromatic ring is 4. The zero-order valence-corrected chi connectivity index (χ0v) is 74.5. The third kappa shape index (κ3) is 21.1. The highest BCUT2D eigenvalue weighted by atomic mass is 32.7. The normalized spacial score (nSPS) is 29.6. The predicted octanol–water partition coefficient (Wildman–Crippen LogP) is -2.25. The van der Waals surface area contributed by atoms with Gasteiger partial charge in [0.15, 0.2) is 40.9 Å². The van der Waals surface area contributed by atoms with Crippen LogP contribution in [-0.4, -0.2) is 203 Å². The van der Waals surface area contributed by atoms with Crippen LogP contribution < -0.4 is 76.3 Å². The Balaban J connectivity index is 0.636. The number of hydrogen-bond acceptors (Lipinski definition) is 47. The second kappa shape index (κ2) is 36.6. The van der Waals surface area contributed by atoms with Gasteiger partial charge in [-0.2, -0.15) is 9.97 Å². The quantitative estimate of drug-likeness (QED) is 0.0155. The van der Waals surface area contributed by atoms with Crippen molar-refractivity contribution in [2.45, 2.75) is 177 Å². The summed E-state index contributed by atoms with van der Waals surface area (Å²) < 4.78 is 124. The Hall–Kier alpha value is -6.20.